The average molecular weight is 445 g/mol. The molecule has 0 aromatic heterocycles. The summed E-state index contributed by atoms with van der Waals surface area (Å²) in [5, 5.41) is 2.60. The number of benzene rings is 2. The van der Waals surface area contributed by atoms with Crippen LogP contribution in [0.25, 0.3) is 0 Å². The monoisotopic (exact) mass is 445 g/mol. The smallest absolute Gasteiger partial charge is 0.252 e. The van der Waals surface area contributed by atoms with Gasteiger partial charge in [0, 0.05) is 18.7 Å². The van der Waals surface area contributed by atoms with Crippen LogP contribution in [0.1, 0.15) is 26.2 Å². The van der Waals surface area contributed by atoms with E-state index in [1.165, 1.54) is 19.1 Å². The Kier molecular flexibility index (Phi) is 5.36. The number of nitrogens with zero attached hydrogens (tertiary/aromatic N) is 2. The Morgan fingerprint density at radius 3 is 2.23 bits per heavy atom. The van der Waals surface area contributed by atoms with E-state index in [1.807, 2.05) is 0 Å². The molecule has 2 fully saturated rings. The quantitative estimate of drug-likeness (QED) is 0.687. The van der Waals surface area contributed by atoms with Gasteiger partial charge in [0.15, 0.2) is 0 Å². The molecule has 1 N–H and O–H groups in total. The number of hydrogen-bond donors (Lipinski definition) is 1. The lowest BCUT2D eigenvalue weighted by Crippen LogP contribution is -2.46. The predicted octanol–water partition coefficient (Wildman–Crippen LogP) is 2.27. The van der Waals surface area contributed by atoms with Crippen molar-refractivity contribution in [2.75, 3.05) is 10.2 Å². The Balaban J connectivity index is 1.63. The summed E-state index contributed by atoms with van der Waals surface area (Å²) in [7, 11) is -4.10. The highest BCUT2D eigenvalue weighted by atomic mass is 32.2. The second-order valence-electron chi connectivity index (χ2n) is 7.54. The topological polar surface area (TPSA) is 104 Å². The van der Waals surface area contributed by atoms with Gasteiger partial charge in [0.05, 0.1) is 17.0 Å². The van der Waals surface area contributed by atoms with Crippen LogP contribution in [0.15, 0.2) is 53.4 Å². The normalized spacial score (nSPS) is 19.2. The maximum Gasteiger partial charge on any atom is 0.252 e. The number of rotatable bonds is 6. The van der Waals surface area contributed by atoms with Crippen molar-refractivity contribution < 1.29 is 27.2 Å². The lowest BCUT2D eigenvalue weighted by molar-refractivity contribution is -0.122. The average Bonchev–Trinajstić information content (AvgIpc) is 3.49. The van der Waals surface area contributed by atoms with Crippen LogP contribution < -0.4 is 10.2 Å². The number of amides is 3. The van der Waals surface area contributed by atoms with Crippen LogP contribution in [-0.4, -0.2) is 42.5 Å². The third-order valence-electron chi connectivity index (χ3n) is 5.17. The summed E-state index contributed by atoms with van der Waals surface area (Å²) in [5.74, 6) is -1.97. The summed E-state index contributed by atoms with van der Waals surface area (Å²) in [6.07, 6.45) is 0.900. The molecule has 10 heteroatoms. The number of imide groups is 1. The van der Waals surface area contributed by atoms with Gasteiger partial charge in [-0.3, -0.25) is 14.4 Å². The van der Waals surface area contributed by atoms with Gasteiger partial charge in [0.2, 0.25) is 21.8 Å². The fourth-order valence-electron chi connectivity index (χ4n) is 3.66. The fraction of sp³-hybridized carbons (Fsp3) is 0.286. The molecule has 162 valence electrons. The van der Waals surface area contributed by atoms with Crippen molar-refractivity contribution in [2.45, 2.75) is 43.2 Å². The molecule has 2 aromatic rings. The van der Waals surface area contributed by atoms with Crippen LogP contribution in [0, 0.1) is 5.82 Å². The van der Waals surface area contributed by atoms with Gasteiger partial charge in [-0.25, -0.2) is 17.7 Å². The molecule has 0 bridgehead atoms. The van der Waals surface area contributed by atoms with E-state index in [0.717, 1.165) is 33.5 Å². The number of carbonyl (C=O) groups is 3. The van der Waals surface area contributed by atoms with Gasteiger partial charge in [0.25, 0.3) is 5.91 Å². The molecule has 1 unspecified atom stereocenters. The van der Waals surface area contributed by atoms with E-state index in [0.29, 0.717) is 24.2 Å². The molecule has 2 aliphatic rings. The van der Waals surface area contributed by atoms with Crippen molar-refractivity contribution in [1.82, 2.24) is 4.31 Å². The van der Waals surface area contributed by atoms with E-state index in [-0.39, 0.29) is 23.3 Å². The lowest BCUT2D eigenvalue weighted by atomic mass is 10.2. The molecule has 1 saturated carbocycles. The summed E-state index contributed by atoms with van der Waals surface area (Å²) < 4.78 is 40.8. The molecule has 8 nitrogen and oxygen atoms in total. The zero-order chi connectivity index (χ0) is 22.3. The van der Waals surface area contributed by atoms with Crippen molar-refractivity contribution in [3.63, 3.8) is 0 Å². The van der Waals surface area contributed by atoms with Gasteiger partial charge < -0.3 is 5.32 Å². The molecule has 1 atom stereocenters. The zero-order valence-electron chi connectivity index (χ0n) is 16.6. The van der Waals surface area contributed by atoms with Crippen molar-refractivity contribution in [1.29, 1.82) is 0 Å². The summed E-state index contributed by atoms with van der Waals surface area (Å²) >= 11 is 0. The van der Waals surface area contributed by atoms with Crippen molar-refractivity contribution in [3.8, 4) is 0 Å². The first-order valence-corrected chi connectivity index (χ1v) is 11.2. The van der Waals surface area contributed by atoms with Crippen LogP contribution in [0.5, 0.6) is 0 Å². The maximum atomic E-state index is 13.3. The van der Waals surface area contributed by atoms with Gasteiger partial charge in [-0.1, -0.05) is 0 Å². The van der Waals surface area contributed by atoms with Gasteiger partial charge >= 0.3 is 0 Å². The van der Waals surface area contributed by atoms with Crippen molar-refractivity contribution in [2.24, 2.45) is 0 Å². The molecule has 1 aliphatic carbocycles. The van der Waals surface area contributed by atoms with E-state index in [9.17, 15) is 27.2 Å². The number of nitrogens with one attached hydrogen (secondary N) is 1. The van der Waals surface area contributed by atoms with Gasteiger partial charge in [-0.15, -0.1) is 0 Å². The van der Waals surface area contributed by atoms with Crippen LogP contribution in [-0.2, 0) is 24.4 Å². The Labute approximate surface area is 178 Å². The first-order chi connectivity index (χ1) is 14.7. The second kappa shape index (κ2) is 7.86. The molecule has 0 spiro atoms. The minimum Gasteiger partial charge on any atom is -0.326 e. The molecule has 1 saturated heterocycles. The van der Waals surface area contributed by atoms with Gasteiger partial charge in [-0.05, 0) is 61.4 Å². The number of sulfonamides is 1. The number of carbonyl (C=O) groups excluding carboxylic acids is 3. The van der Waals surface area contributed by atoms with E-state index in [1.54, 1.807) is 12.1 Å². The summed E-state index contributed by atoms with van der Waals surface area (Å²) in [5.41, 5.74) is 0.798. The van der Waals surface area contributed by atoms with Crippen LogP contribution >= 0.6 is 0 Å². The highest BCUT2D eigenvalue weighted by Crippen LogP contribution is 2.38. The highest BCUT2D eigenvalue weighted by Gasteiger charge is 2.51. The molecule has 0 radical (unpaired) electrons. The molecular formula is C21H20FN3O5S. The third-order valence-corrected chi connectivity index (χ3v) is 7.15. The Bertz CT molecular complexity index is 1140. The van der Waals surface area contributed by atoms with Gasteiger partial charge in [0.1, 0.15) is 11.9 Å². The molecule has 31 heavy (non-hydrogen) atoms. The summed E-state index contributed by atoms with van der Waals surface area (Å²) in [4.78, 5) is 37.8. The van der Waals surface area contributed by atoms with E-state index in [2.05, 4.69) is 5.32 Å². The fourth-order valence-corrected chi connectivity index (χ4v) is 5.49. The molecule has 3 amide bonds. The largest absolute Gasteiger partial charge is 0.326 e. The number of hydrogen-bond acceptors (Lipinski definition) is 5. The molecular weight excluding hydrogens is 425 g/mol. The zero-order valence-corrected chi connectivity index (χ0v) is 17.4. The Morgan fingerprint density at radius 2 is 1.68 bits per heavy atom. The summed E-state index contributed by atoms with van der Waals surface area (Å²) in [6, 6.07) is 8.99. The number of halogens is 1. The second-order valence-corrected chi connectivity index (χ2v) is 9.38. The molecule has 2 aromatic carbocycles. The Hall–Kier alpha value is -3.11. The van der Waals surface area contributed by atoms with Crippen LogP contribution in [0.3, 0.4) is 0 Å². The van der Waals surface area contributed by atoms with Gasteiger partial charge in [-0.2, -0.15) is 4.31 Å². The Morgan fingerprint density at radius 1 is 1.06 bits per heavy atom. The maximum absolute atomic E-state index is 13.3. The number of anilines is 2. The van der Waals surface area contributed by atoms with Crippen LogP contribution in [0.4, 0.5) is 15.8 Å². The van der Waals surface area contributed by atoms with Crippen LogP contribution in [0.2, 0.25) is 0 Å². The molecule has 1 aliphatic heterocycles. The van der Waals surface area contributed by atoms with Crippen molar-refractivity contribution >= 4 is 39.1 Å². The van der Waals surface area contributed by atoms with Crippen molar-refractivity contribution in [3.05, 3.63) is 54.3 Å². The molecule has 4 rings (SSSR count). The SMILES string of the molecule is CC(=O)Nc1ccc(N2C(=O)CC(N(C3CC3)S(=O)(=O)c3ccc(F)cc3)C2=O)cc1. The lowest BCUT2D eigenvalue weighted by Gasteiger charge is -2.26. The minimum absolute atomic E-state index is 0.126. The summed E-state index contributed by atoms with van der Waals surface area (Å²) in [6.45, 7) is 1.36. The first kappa shape index (κ1) is 21.1. The molecule has 1 heterocycles. The standard InChI is InChI=1S/C21H20FN3O5S/c1-13(26)23-15-4-6-16(7-5-15)24-20(27)12-19(21(24)28)25(17-8-9-17)31(29,30)18-10-2-14(22)3-11-18/h2-7,10-11,17,19H,8-9,12H2,1H3,(H,23,26). The highest BCUT2D eigenvalue weighted by molar-refractivity contribution is 7.89. The third kappa shape index (κ3) is 4.08. The first-order valence-electron chi connectivity index (χ1n) is 9.72. The van der Waals surface area contributed by atoms with E-state index in [4.69, 9.17) is 0 Å². The van der Waals surface area contributed by atoms with E-state index >= 15 is 0 Å². The van der Waals surface area contributed by atoms with E-state index < -0.39 is 33.7 Å². The predicted molar refractivity (Wildman–Crippen MR) is 110 cm³/mol. The minimum atomic E-state index is -4.10.